The number of hydrogen-bond acceptors (Lipinski definition) is 3. The van der Waals surface area contributed by atoms with Crippen molar-refractivity contribution in [3.63, 3.8) is 0 Å². The highest BCUT2D eigenvalue weighted by Gasteiger charge is 2.29. The Kier molecular flexibility index (Phi) is 3.52. The van der Waals surface area contributed by atoms with Gasteiger partial charge in [0, 0.05) is 11.7 Å². The second-order valence-corrected chi connectivity index (χ2v) is 4.83. The Bertz CT molecular complexity index is 505. The van der Waals surface area contributed by atoms with E-state index >= 15 is 0 Å². The number of carboxylic acids is 1. The van der Waals surface area contributed by atoms with Crippen molar-refractivity contribution < 1.29 is 9.90 Å². The van der Waals surface area contributed by atoms with Crippen LogP contribution in [0.1, 0.15) is 30.4 Å². The van der Waals surface area contributed by atoms with Gasteiger partial charge in [0.25, 0.3) is 0 Å². The van der Waals surface area contributed by atoms with E-state index in [1.807, 2.05) is 19.1 Å². The highest BCUT2D eigenvalue weighted by Crippen LogP contribution is 2.28. The molecule has 1 fully saturated rings. The fourth-order valence-corrected chi connectivity index (χ4v) is 2.45. The molecule has 0 bridgehead atoms. The fraction of sp³-hybridized carbons (Fsp3) is 0.429. The van der Waals surface area contributed by atoms with E-state index in [2.05, 4.69) is 11.4 Å². The SMILES string of the molecule is Cc1cc(N[C@H]2CC[C@@H](C(=O)O)C2)ccc1C#N. The highest BCUT2D eigenvalue weighted by atomic mass is 16.4. The van der Waals surface area contributed by atoms with Gasteiger partial charge in [0.1, 0.15) is 0 Å². The lowest BCUT2D eigenvalue weighted by Crippen LogP contribution is -2.17. The third-order valence-corrected chi connectivity index (χ3v) is 3.50. The Balaban J connectivity index is 2.01. The van der Waals surface area contributed by atoms with Crippen molar-refractivity contribution in [3.8, 4) is 6.07 Å². The van der Waals surface area contributed by atoms with Crippen molar-refractivity contribution in [2.75, 3.05) is 5.32 Å². The van der Waals surface area contributed by atoms with Crippen LogP contribution in [0.25, 0.3) is 0 Å². The summed E-state index contributed by atoms with van der Waals surface area (Å²) in [5.74, 6) is -0.919. The van der Waals surface area contributed by atoms with Gasteiger partial charge in [-0.1, -0.05) is 0 Å². The molecular formula is C14H16N2O2. The number of nitrogens with zero attached hydrogens (tertiary/aromatic N) is 1. The monoisotopic (exact) mass is 244 g/mol. The Morgan fingerprint density at radius 3 is 2.83 bits per heavy atom. The molecule has 2 atom stereocenters. The molecule has 1 aromatic carbocycles. The van der Waals surface area contributed by atoms with Crippen molar-refractivity contribution in [3.05, 3.63) is 29.3 Å². The van der Waals surface area contributed by atoms with E-state index in [0.717, 1.165) is 24.1 Å². The van der Waals surface area contributed by atoms with Crippen LogP contribution in [-0.4, -0.2) is 17.1 Å². The van der Waals surface area contributed by atoms with Crippen molar-refractivity contribution in [1.82, 2.24) is 0 Å². The van der Waals surface area contributed by atoms with E-state index in [1.165, 1.54) is 0 Å². The van der Waals surface area contributed by atoms with E-state index < -0.39 is 5.97 Å². The summed E-state index contributed by atoms with van der Waals surface area (Å²) in [6.07, 6.45) is 2.30. The molecule has 1 saturated carbocycles. The van der Waals surface area contributed by atoms with Crippen LogP contribution >= 0.6 is 0 Å². The number of hydrogen-bond donors (Lipinski definition) is 2. The van der Waals surface area contributed by atoms with Gasteiger partial charge in [0.15, 0.2) is 0 Å². The van der Waals surface area contributed by atoms with E-state index in [0.29, 0.717) is 12.0 Å². The Hall–Kier alpha value is -2.02. The van der Waals surface area contributed by atoms with Crippen molar-refractivity contribution in [1.29, 1.82) is 5.26 Å². The Morgan fingerprint density at radius 2 is 2.28 bits per heavy atom. The lowest BCUT2D eigenvalue weighted by atomic mass is 10.1. The smallest absolute Gasteiger partial charge is 0.306 e. The average Bonchev–Trinajstić information content (AvgIpc) is 2.78. The van der Waals surface area contributed by atoms with Crippen LogP contribution in [0.3, 0.4) is 0 Å². The van der Waals surface area contributed by atoms with Crippen LogP contribution in [0.5, 0.6) is 0 Å². The molecule has 2 rings (SSSR count). The highest BCUT2D eigenvalue weighted by molar-refractivity contribution is 5.70. The predicted octanol–water partition coefficient (Wildman–Crippen LogP) is 2.53. The summed E-state index contributed by atoms with van der Waals surface area (Å²) in [7, 11) is 0. The summed E-state index contributed by atoms with van der Waals surface area (Å²) in [5.41, 5.74) is 2.58. The molecule has 0 aromatic heterocycles. The quantitative estimate of drug-likeness (QED) is 0.857. The van der Waals surface area contributed by atoms with Gasteiger partial charge >= 0.3 is 5.97 Å². The lowest BCUT2D eigenvalue weighted by molar-refractivity contribution is -0.141. The van der Waals surface area contributed by atoms with Crippen LogP contribution in [0.2, 0.25) is 0 Å². The number of carbonyl (C=O) groups is 1. The number of aryl methyl sites for hydroxylation is 1. The number of carboxylic acid groups (broad SMARTS) is 1. The van der Waals surface area contributed by atoms with Gasteiger partial charge in [-0.2, -0.15) is 5.26 Å². The van der Waals surface area contributed by atoms with E-state index in [-0.39, 0.29) is 12.0 Å². The molecule has 1 aliphatic rings. The summed E-state index contributed by atoms with van der Waals surface area (Å²) >= 11 is 0. The molecule has 0 heterocycles. The summed E-state index contributed by atoms with van der Waals surface area (Å²) in [5, 5.41) is 21.1. The Morgan fingerprint density at radius 1 is 1.50 bits per heavy atom. The van der Waals surface area contributed by atoms with Gasteiger partial charge in [0.05, 0.1) is 17.6 Å². The van der Waals surface area contributed by atoms with Crippen LogP contribution in [-0.2, 0) is 4.79 Å². The van der Waals surface area contributed by atoms with Crippen LogP contribution < -0.4 is 5.32 Å². The normalized spacial score (nSPS) is 22.4. The molecule has 0 saturated heterocycles. The van der Waals surface area contributed by atoms with Gasteiger partial charge in [0.2, 0.25) is 0 Å². The molecule has 94 valence electrons. The summed E-state index contributed by atoms with van der Waals surface area (Å²) in [4.78, 5) is 10.9. The molecule has 0 radical (unpaired) electrons. The first-order valence-corrected chi connectivity index (χ1v) is 6.10. The Labute approximate surface area is 106 Å². The topological polar surface area (TPSA) is 73.1 Å². The zero-order valence-corrected chi connectivity index (χ0v) is 10.3. The van der Waals surface area contributed by atoms with Gasteiger partial charge < -0.3 is 10.4 Å². The summed E-state index contributed by atoms with van der Waals surface area (Å²) in [6.45, 7) is 1.90. The minimum atomic E-state index is -0.699. The third kappa shape index (κ3) is 2.62. The number of anilines is 1. The average molecular weight is 244 g/mol. The molecule has 0 spiro atoms. The molecule has 1 aromatic rings. The minimum Gasteiger partial charge on any atom is -0.481 e. The number of rotatable bonds is 3. The number of nitrogens with one attached hydrogen (secondary N) is 1. The first-order valence-electron chi connectivity index (χ1n) is 6.10. The molecule has 1 aliphatic carbocycles. The van der Waals surface area contributed by atoms with E-state index in [4.69, 9.17) is 10.4 Å². The molecule has 0 amide bonds. The molecular weight excluding hydrogens is 228 g/mol. The van der Waals surface area contributed by atoms with Gasteiger partial charge in [-0.15, -0.1) is 0 Å². The standard InChI is InChI=1S/C14H16N2O2/c1-9-6-12(5-3-11(9)8-15)16-13-4-2-10(7-13)14(17)18/h3,5-6,10,13,16H,2,4,7H2,1H3,(H,17,18)/t10-,13+/m1/s1. The fourth-order valence-electron chi connectivity index (χ4n) is 2.45. The molecule has 4 heteroatoms. The first kappa shape index (κ1) is 12.4. The van der Waals surface area contributed by atoms with Crippen LogP contribution in [0, 0.1) is 24.2 Å². The molecule has 4 nitrogen and oxygen atoms in total. The maximum absolute atomic E-state index is 10.9. The zero-order valence-electron chi connectivity index (χ0n) is 10.3. The van der Waals surface area contributed by atoms with E-state index in [9.17, 15) is 4.79 Å². The largest absolute Gasteiger partial charge is 0.481 e. The molecule has 0 unspecified atom stereocenters. The van der Waals surface area contributed by atoms with Crippen LogP contribution in [0.15, 0.2) is 18.2 Å². The number of nitriles is 1. The number of aliphatic carboxylic acids is 1. The summed E-state index contributed by atoms with van der Waals surface area (Å²) < 4.78 is 0. The van der Waals surface area contributed by atoms with Crippen molar-refractivity contribution in [2.45, 2.75) is 32.2 Å². The summed E-state index contributed by atoms with van der Waals surface area (Å²) in [6, 6.07) is 7.96. The second kappa shape index (κ2) is 5.09. The maximum Gasteiger partial charge on any atom is 0.306 e. The molecule has 18 heavy (non-hydrogen) atoms. The van der Waals surface area contributed by atoms with E-state index in [1.54, 1.807) is 6.07 Å². The number of benzene rings is 1. The lowest BCUT2D eigenvalue weighted by Gasteiger charge is -2.14. The molecule has 0 aliphatic heterocycles. The van der Waals surface area contributed by atoms with Crippen LogP contribution in [0.4, 0.5) is 5.69 Å². The zero-order chi connectivity index (χ0) is 13.1. The minimum absolute atomic E-state index is 0.220. The first-order chi connectivity index (χ1) is 8.60. The van der Waals surface area contributed by atoms with Gasteiger partial charge in [-0.3, -0.25) is 4.79 Å². The maximum atomic E-state index is 10.9. The molecule has 2 N–H and O–H groups in total. The van der Waals surface area contributed by atoms with Gasteiger partial charge in [-0.05, 0) is 49.9 Å². The van der Waals surface area contributed by atoms with Crippen molar-refractivity contribution in [2.24, 2.45) is 5.92 Å². The third-order valence-electron chi connectivity index (χ3n) is 3.50. The predicted molar refractivity (Wildman–Crippen MR) is 68.3 cm³/mol. The van der Waals surface area contributed by atoms with Gasteiger partial charge in [-0.25, -0.2) is 0 Å². The second-order valence-electron chi connectivity index (χ2n) is 4.83. The van der Waals surface area contributed by atoms with Crippen molar-refractivity contribution >= 4 is 11.7 Å².